The minimum Gasteiger partial charge on any atom is -0.497 e. The van der Waals surface area contributed by atoms with Crippen molar-refractivity contribution >= 4 is 29.2 Å². The topological polar surface area (TPSA) is 126 Å². The number of rotatable bonds is 9. The summed E-state index contributed by atoms with van der Waals surface area (Å²) < 4.78 is 15.3. The van der Waals surface area contributed by atoms with Crippen LogP contribution in [-0.2, 0) is 14.3 Å². The molecule has 10 heteroatoms. The first-order valence-corrected chi connectivity index (χ1v) is 10.0. The highest BCUT2D eigenvalue weighted by molar-refractivity contribution is 6.09. The van der Waals surface area contributed by atoms with Gasteiger partial charge in [0.25, 0.3) is 11.8 Å². The molecule has 0 aliphatic carbocycles. The van der Waals surface area contributed by atoms with Gasteiger partial charge in [-0.1, -0.05) is 0 Å². The number of aliphatic hydroxyl groups excluding tert-OH is 1. The lowest BCUT2D eigenvalue weighted by atomic mass is 10.2. The van der Waals surface area contributed by atoms with Gasteiger partial charge in [-0.05, 0) is 36.4 Å². The zero-order valence-corrected chi connectivity index (χ0v) is 18.5. The van der Waals surface area contributed by atoms with E-state index in [0.29, 0.717) is 28.4 Å². The molecule has 0 radical (unpaired) electrons. The molecule has 2 aromatic rings. The molecule has 3 N–H and O–H groups in total. The van der Waals surface area contributed by atoms with Gasteiger partial charge in [-0.15, -0.1) is 0 Å². The van der Waals surface area contributed by atoms with Crippen molar-refractivity contribution in [3.63, 3.8) is 0 Å². The Morgan fingerprint density at radius 1 is 1.06 bits per heavy atom. The summed E-state index contributed by atoms with van der Waals surface area (Å²) in [4.78, 5) is 38.8. The van der Waals surface area contributed by atoms with Crippen molar-refractivity contribution in [2.24, 2.45) is 0 Å². The normalized spacial score (nSPS) is 13.1. The molecule has 33 heavy (non-hydrogen) atoms. The van der Waals surface area contributed by atoms with Gasteiger partial charge in [-0.25, -0.2) is 4.79 Å². The maximum atomic E-state index is 12.7. The van der Waals surface area contributed by atoms with E-state index in [1.165, 1.54) is 19.1 Å². The van der Waals surface area contributed by atoms with Crippen LogP contribution in [0, 0.1) is 0 Å². The molecule has 1 aliphatic heterocycles. The summed E-state index contributed by atoms with van der Waals surface area (Å²) in [5.74, 6) is -0.418. The van der Waals surface area contributed by atoms with Crippen LogP contribution in [0.2, 0.25) is 0 Å². The third-order valence-electron chi connectivity index (χ3n) is 5.02. The number of hydrogen-bond acceptors (Lipinski definition) is 8. The van der Waals surface area contributed by atoms with Crippen molar-refractivity contribution < 1.29 is 33.7 Å². The predicted octanol–water partition coefficient (Wildman–Crippen LogP) is 1.63. The number of aliphatic hydroxyl groups is 1. The number of anilines is 2. The standard InChI is InChI=1S/C23H25N3O7/c1-31-16-7-4-14(5-8-16)21(28)25-18-9-6-15(12-19(18)32-2)24-20-17(23(30)33-3)13-26(10-11-27)22(20)29/h4-9,12,24,27H,10-11,13H2,1-3H3,(H,25,28). The van der Waals surface area contributed by atoms with E-state index >= 15 is 0 Å². The van der Waals surface area contributed by atoms with Gasteiger partial charge < -0.3 is 34.9 Å². The van der Waals surface area contributed by atoms with E-state index in [9.17, 15) is 19.5 Å². The monoisotopic (exact) mass is 455 g/mol. The largest absolute Gasteiger partial charge is 0.497 e. The van der Waals surface area contributed by atoms with Gasteiger partial charge in [0.15, 0.2) is 0 Å². The molecule has 0 saturated carbocycles. The van der Waals surface area contributed by atoms with Gasteiger partial charge in [-0.3, -0.25) is 9.59 Å². The van der Waals surface area contributed by atoms with Crippen LogP contribution in [-0.4, -0.2) is 68.8 Å². The van der Waals surface area contributed by atoms with Gasteiger partial charge in [0.05, 0.1) is 45.7 Å². The number of benzene rings is 2. The quantitative estimate of drug-likeness (QED) is 0.487. The Hall–Kier alpha value is -4.05. The minimum atomic E-state index is -0.637. The summed E-state index contributed by atoms with van der Waals surface area (Å²) >= 11 is 0. The molecule has 174 valence electrons. The molecular formula is C23H25N3O7. The number of β-amino-alcohol motifs (C(OH)–C–C–N with tert-alkyl or cyclic N) is 1. The van der Waals surface area contributed by atoms with Gasteiger partial charge in [0.2, 0.25) is 0 Å². The predicted molar refractivity (Wildman–Crippen MR) is 120 cm³/mol. The molecule has 0 spiro atoms. The van der Waals surface area contributed by atoms with Gasteiger partial charge in [0.1, 0.15) is 17.2 Å². The lowest BCUT2D eigenvalue weighted by molar-refractivity contribution is -0.136. The van der Waals surface area contributed by atoms with Crippen molar-refractivity contribution in [2.75, 3.05) is 51.7 Å². The minimum absolute atomic E-state index is 0.0293. The van der Waals surface area contributed by atoms with Crippen LogP contribution in [0.1, 0.15) is 10.4 Å². The maximum Gasteiger partial charge on any atom is 0.337 e. The fourth-order valence-corrected chi connectivity index (χ4v) is 3.30. The summed E-state index contributed by atoms with van der Waals surface area (Å²) in [5.41, 5.74) is 1.54. The number of carbonyl (C=O) groups excluding carboxylic acids is 3. The van der Waals surface area contributed by atoms with E-state index in [0.717, 1.165) is 0 Å². The molecule has 0 bridgehead atoms. The van der Waals surface area contributed by atoms with Crippen LogP contribution in [0.5, 0.6) is 11.5 Å². The molecule has 1 aliphatic rings. The summed E-state index contributed by atoms with van der Waals surface area (Å²) in [6, 6.07) is 11.5. The van der Waals surface area contributed by atoms with Crippen LogP contribution in [0.3, 0.4) is 0 Å². The summed E-state index contributed by atoms with van der Waals surface area (Å²) in [5, 5.41) is 14.9. The van der Waals surface area contributed by atoms with E-state index in [-0.39, 0.29) is 36.9 Å². The van der Waals surface area contributed by atoms with Gasteiger partial charge in [0, 0.05) is 23.9 Å². The van der Waals surface area contributed by atoms with E-state index in [4.69, 9.17) is 14.2 Å². The molecule has 0 atom stereocenters. The molecular weight excluding hydrogens is 430 g/mol. The zero-order chi connectivity index (χ0) is 24.0. The van der Waals surface area contributed by atoms with Crippen LogP contribution in [0.15, 0.2) is 53.7 Å². The maximum absolute atomic E-state index is 12.7. The highest BCUT2D eigenvalue weighted by Crippen LogP contribution is 2.31. The van der Waals surface area contributed by atoms with Crippen molar-refractivity contribution in [1.29, 1.82) is 0 Å². The molecule has 0 fully saturated rings. The van der Waals surface area contributed by atoms with Crippen LogP contribution < -0.4 is 20.1 Å². The van der Waals surface area contributed by atoms with Crippen molar-refractivity contribution in [2.45, 2.75) is 0 Å². The van der Waals surface area contributed by atoms with Gasteiger partial charge in [-0.2, -0.15) is 0 Å². The molecule has 3 rings (SSSR count). The lowest BCUT2D eigenvalue weighted by Gasteiger charge is -2.16. The Kier molecular flexibility index (Phi) is 7.52. The smallest absolute Gasteiger partial charge is 0.337 e. The number of esters is 1. The van der Waals surface area contributed by atoms with Crippen molar-refractivity contribution in [3.05, 3.63) is 59.3 Å². The highest BCUT2D eigenvalue weighted by Gasteiger charge is 2.34. The number of methoxy groups -OCH3 is 3. The highest BCUT2D eigenvalue weighted by atomic mass is 16.5. The van der Waals surface area contributed by atoms with E-state index in [2.05, 4.69) is 10.6 Å². The molecule has 0 aromatic heterocycles. The molecule has 2 aromatic carbocycles. The summed E-state index contributed by atoms with van der Waals surface area (Å²) in [6.07, 6.45) is 0. The summed E-state index contributed by atoms with van der Waals surface area (Å²) in [7, 11) is 4.23. The second-order valence-corrected chi connectivity index (χ2v) is 7.02. The fourth-order valence-electron chi connectivity index (χ4n) is 3.30. The lowest BCUT2D eigenvalue weighted by Crippen LogP contribution is -2.31. The number of nitrogens with one attached hydrogen (secondary N) is 2. The Bertz CT molecular complexity index is 1080. The zero-order valence-electron chi connectivity index (χ0n) is 18.5. The number of ether oxygens (including phenoxy) is 3. The third kappa shape index (κ3) is 5.24. The second kappa shape index (κ2) is 10.5. The second-order valence-electron chi connectivity index (χ2n) is 7.02. The van der Waals surface area contributed by atoms with Crippen LogP contribution in [0.4, 0.5) is 11.4 Å². The van der Waals surface area contributed by atoms with Gasteiger partial charge >= 0.3 is 5.97 Å². The number of hydrogen-bond donors (Lipinski definition) is 3. The molecule has 1 heterocycles. The molecule has 0 saturated heterocycles. The first kappa shape index (κ1) is 23.6. The Balaban J connectivity index is 1.81. The summed E-state index contributed by atoms with van der Waals surface area (Å²) in [6.45, 7) is -0.115. The molecule has 0 unspecified atom stereocenters. The van der Waals surface area contributed by atoms with Crippen molar-refractivity contribution in [1.82, 2.24) is 4.90 Å². The Morgan fingerprint density at radius 2 is 1.79 bits per heavy atom. The third-order valence-corrected chi connectivity index (χ3v) is 5.02. The fraction of sp³-hybridized carbons (Fsp3) is 0.261. The first-order chi connectivity index (χ1) is 15.9. The number of carbonyl (C=O) groups is 3. The SMILES string of the molecule is COC(=O)C1=C(Nc2ccc(NC(=O)c3ccc(OC)cc3)c(OC)c2)C(=O)N(CCO)C1. The van der Waals surface area contributed by atoms with Crippen LogP contribution >= 0.6 is 0 Å². The van der Waals surface area contributed by atoms with E-state index in [1.54, 1.807) is 49.6 Å². The van der Waals surface area contributed by atoms with E-state index < -0.39 is 11.9 Å². The van der Waals surface area contributed by atoms with E-state index in [1.807, 2.05) is 0 Å². The Labute approximate surface area is 190 Å². The molecule has 10 nitrogen and oxygen atoms in total. The van der Waals surface area contributed by atoms with Crippen molar-refractivity contribution in [3.8, 4) is 11.5 Å². The average molecular weight is 455 g/mol. The number of amides is 2. The van der Waals surface area contributed by atoms with Crippen LogP contribution in [0.25, 0.3) is 0 Å². The Morgan fingerprint density at radius 3 is 2.39 bits per heavy atom. The first-order valence-electron chi connectivity index (χ1n) is 10.0. The number of nitrogens with zero attached hydrogens (tertiary/aromatic N) is 1. The average Bonchev–Trinajstić information content (AvgIpc) is 3.14. The molecule has 2 amide bonds.